The number of carbonyl (C=O) groups excluding carboxylic acids is 2. The van der Waals surface area contributed by atoms with Crippen molar-refractivity contribution >= 4 is 44.9 Å². The molecule has 0 radical (unpaired) electrons. The Hall–Kier alpha value is -3.68. The Bertz CT molecular complexity index is 1210. The molecule has 0 atom stereocenters. The van der Waals surface area contributed by atoms with Crippen LogP contribution in [0.3, 0.4) is 0 Å². The first-order valence-corrected chi connectivity index (χ1v) is 10.9. The topological polar surface area (TPSA) is 80.3 Å². The number of aromatic nitrogens is 1. The summed E-state index contributed by atoms with van der Waals surface area (Å²) < 4.78 is 5.48. The molecule has 0 unspecified atom stereocenters. The van der Waals surface area contributed by atoms with Crippen LogP contribution in [0.25, 0.3) is 11.3 Å². The standard InChI is InChI=1S/C24H18ClN3O3S/c25-18-11-13-19(14-12-18)31-15-20(29)26-24-27-21(16-7-3-1-4-8-16)23(32-24)28-22(30)17-9-5-2-6-10-17/h1-14H,15H2,(H,28,30)(H,26,27,29). The number of hydrogen-bond acceptors (Lipinski definition) is 5. The van der Waals surface area contributed by atoms with Crippen LogP contribution in [0.5, 0.6) is 5.75 Å². The van der Waals surface area contributed by atoms with E-state index >= 15 is 0 Å². The van der Waals surface area contributed by atoms with Gasteiger partial charge < -0.3 is 10.1 Å². The van der Waals surface area contributed by atoms with E-state index in [1.165, 1.54) is 11.3 Å². The third-order valence-electron chi connectivity index (χ3n) is 4.37. The molecule has 8 heteroatoms. The van der Waals surface area contributed by atoms with Gasteiger partial charge in [-0.15, -0.1) is 0 Å². The van der Waals surface area contributed by atoms with Crippen molar-refractivity contribution in [3.63, 3.8) is 0 Å². The minimum absolute atomic E-state index is 0.187. The lowest BCUT2D eigenvalue weighted by Gasteiger charge is -2.05. The number of halogens is 1. The molecule has 0 fully saturated rings. The van der Waals surface area contributed by atoms with E-state index in [9.17, 15) is 9.59 Å². The maximum Gasteiger partial charge on any atom is 0.264 e. The Labute approximate surface area is 193 Å². The van der Waals surface area contributed by atoms with E-state index in [2.05, 4.69) is 15.6 Å². The first kappa shape index (κ1) is 21.5. The van der Waals surface area contributed by atoms with Crippen LogP contribution in [-0.4, -0.2) is 23.4 Å². The van der Waals surface area contributed by atoms with Gasteiger partial charge in [-0.1, -0.05) is 71.5 Å². The molecule has 4 rings (SSSR count). The van der Waals surface area contributed by atoms with Crippen LogP contribution in [0, 0.1) is 0 Å². The van der Waals surface area contributed by atoms with E-state index in [0.717, 1.165) is 5.56 Å². The lowest BCUT2D eigenvalue weighted by molar-refractivity contribution is -0.118. The molecule has 0 bridgehead atoms. The van der Waals surface area contributed by atoms with E-state index in [1.54, 1.807) is 48.5 Å². The number of rotatable bonds is 7. The Kier molecular flexibility index (Phi) is 6.79. The minimum Gasteiger partial charge on any atom is -0.484 e. The second-order valence-electron chi connectivity index (χ2n) is 6.67. The van der Waals surface area contributed by atoms with Crippen LogP contribution in [0.4, 0.5) is 10.1 Å². The summed E-state index contributed by atoms with van der Waals surface area (Å²) in [4.78, 5) is 29.6. The monoisotopic (exact) mass is 463 g/mol. The molecule has 0 aliphatic heterocycles. The second kappa shape index (κ2) is 10.1. The van der Waals surface area contributed by atoms with Gasteiger partial charge in [0.2, 0.25) is 0 Å². The first-order chi connectivity index (χ1) is 15.6. The smallest absolute Gasteiger partial charge is 0.264 e. The maximum atomic E-state index is 12.7. The molecule has 1 heterocycles. The Balaban J connectivity index is 1.50. The molecule has 0 aliphatic rings. The number of ether oxygens (including phenoxy) is 1. The molecule has 1 aromatic heterocycles. The third-order valence-corrected chi connectivity index (χ3v) is 5.51. The van der Waals surface area contributed by atoms with E-state index in [0.29, 0.717) is 32.2 Å². The van der Waals surface area contributed by atoms with E-state index in [-0.39, 0.29) is 18.4 Å². The summed E-state index contributed by atoms with van der Waals surface area (Å²) in [5.74, 6) is -0.0888. The van der Waals surface area contributed by atoms with E-state index in [1.807, 2.05) is 36.4 Å². The number of anilines is 2. The summed E-state index contributed by atoms with van der Waals surface area (Å²) in [7, 11) is 0. The predicted octanol–water partition coefficient (Wildman–Crippen LogP) is 5.73. The number of carbonyl (C=O) groups is 2. The normalized spacial score (nSPS) is 10.4. The highest BCUT2D eigenvalue weighted by Gasteiger charge is 2.18. The molecule has 0 saturated heterocycles. The van der Waals surface area contributed by atoms with Gasteiger partial charge in [-0.2, -0.15) is 0 Å². The zero-order valence-corrected chi connectivity index (χ0v) is 18.3. The maximum absolute atomic E-state index is 12.7. The lowest BCUT2D eigenvalue weighted by atomic mass is 10.1. The predicted molar refractivity (Wildman–Crippen MR) is 128 cm³/mol. The average Bonchev–Trinajstić information content (AvgIpc) is 3.21. The van der Waals surface area contributed by atoms with Gasteiger partial charge in [-0.3, -0.25) is 14.9 Å². The number of nitrogens with one attached hydrogen (secondary N) is 2. The van der Waals surface area contributed by atoms with Gasteiger partial charge in [-0.05, 0) is 36.4 Å². The third kappa shape index (κ3) is 5.51. The molecule has 2 N–H and O–H groups in total. The largest absolute Gasteiger partial charge is 0.484 e. The summed E-state index contributed by atoms with van der Waals surface area (Å²) in [6.07, 6.45) is 0. The van der Waals surface area contributed by atoms with Crippen LogP contribution < -0.4 is 15.4 Å². The average molecular weight is 464 g/mol. The highest BCUT2D eigenvalue weighted by Crippen LogP contribution is 2.36. The van der Waals surface area contributed by atoms with Crippen molar-refractivity contribution in [2.75, 3.05) is 17.2 Å². The summed E-state index contributed by atoms with van der Waals surface area (Å²) >= 11 is 7.03. The summed E-state index contributed by atoms with van der Waals surface area (Å²) in [6.45, 7) is -0.187. The SMILES string of the molecule is O=C(COc1ccc(Cl)cc1)Nc1nc(-c2ccccc2)c(NC(=O)c2ccccc2)s1. The highest BCUT2D eigenvalue weighted by atomic mass is 35.5. The molecule has 3 aromatic carbocycles. The molecule has 0 saturated carbocycles. The van der Waals surface area contributed by atoms with Crippen LogP contribution in [0.2, 0.25) is 5.02 Å². The first-order valence-electron chi connectivity index (χ1n) is 9.69. The molecular weight excluding hydrogens is 446 g/mol. The number of thiazole rings is 1. The van der Waals surface area contributed by atoms with Crippen LogP contribution >= 0.6 is 22.9 Å². The van der Waals surface area contributed by atoms with Gasteiger partial charge in [0.05, 0.1) is 0 Å². The Morgan fingerprint density at radius 1 is 0.875 bits per heavy atom. The summed E-state index contributed by atoms with van der Waals surface area (Å²) in [5, 5.41) is 7.12. The zero-order chi connectivity index (χ0) is 22.3. The number of hydrogen-bond donors (Lipinski definition) is 2. The molecule has 0 spiro atoms. The molecule has 32 heavy (non-hydrogen) atoms. The van der Waals surface area contributed by atoms with Gasteiger partial charge in [0.15, 0.2) is 11.7 Å². The van der Waals surface area contributed by atoms with Crippen molar-refractivity contribution in [3.05, 3.63) is 95.5 Å². The molecule has 2 amide bonds. The fourth-order valence-electron chi connectivity index (χ4n) is 2.85. The number of amides is 2. The molecule has 6 nitrogen and oxygen atoms in total. The highest BCUT2D eigenvalue weighted by molar-refractivity contribution is 7.20. The van der Waals surface area contributed by atoms with E-state index < -0.39 is 0 Å². The molecule has 160 valence electrons. The fourth-order valence-corrected chi connectivity index (χ4v) is 3.87. The zero-order valence-electron chi connectivity index (χ0n) is 16.7. The van der Waals surface area contributed by atoms with Gasteiger partial charge in [0.25, 0.3) is 11.8 Å². The van der Waals surface area contributed by atoms with Crippen molar-refractivity contribution in [1.82, 2.24) is 4.98 Å². The van der Waals surface area contributed by atoms with Crippen molar-refractivity contribution in [3.8, 4) is 17.0 Å². The quantitative estimate of drug-likeness (QED) is 0.366. The molecule has 0 aliphatic carbocycles. The summed E-state index contributed by atoms with van der Waals surface area (Å²) in [5.41, 5.74) is 1.93. The molecule has 4 aromatic rings. The van der Waals surface area contributed by atoms with Gasteiger partial charge in [-0.25, -0.2) is 4.98 Å². The number of benzene rings is 3. The van der Waals surface area contributed by atoms with Crippen LogP contribution in [0.1, 0.15) is 10.4 Å². The van der Waals surface area contributed by atoms with Crippen molar-refractivity contribution in [1.29, 1.82) is 0 Å². The Morgan fingerprint density at radius 3 is 2.22 bits per heavy atom. The van der Waals surface area contributed by atoms with Gasteiger partial charge >= 0.3 is 0 Å². The molecular formula is C24H18ClN3O3S. The summed E-state index contributed by atoms with van der Waals surface area (Å²) in [6, 6.07) is 25.1. The van der Waals surface area contributed by atoms with Crippen molar-refractivity contribution < 1.29 is 14.3 Å². The van der Waals surface area contributed by atoms with Crippen LogP contribution in [0.15, 0.2) is 84.9 Å². The van der Waals surface area contributed by atoms with Gasteiger partial charge in [0.1, 0.15) is 16.4 Å². The van der Waals surface area contributed by atoms with Crippen LogP contribution in [-0.2, 0) is 4.79 Å². The minimum atomic E-state index is -0.366. The van der Waals surface area contributed by atoms with E-state index in [4.69, 9.17) is 16.3 Å². The lowest BCUT2D eigenvalue weighted by Crippen LogP contribution is -2.20. The fraction of sp³-hybridized carbons (Fsp3) is 0.0417. The van der Waals surface area contributed by atoms with Gasteiger partial charge in [0, 0.05) is 16.1 Å². The van der Waals surface area contributed by atoms with Crippen molar-refractivity contribution in [2.24, 2.45) is 0 Å². The number of nitrogens with zero attached hydrogens (tertiary/aromatic N) is 1. The van der Waals surface area contributed by atoms with Crippen molar-refractivity contribution in [2.45, 2.75) is 0 Å². The second-order valence-corrected chi connectivity index (χ2v) is 8.11. The Morgan fingerprint density at radius 2 is 1.53 bits per heavy atom.